The van der Waals surface area contributed by atoms with Crippen LogP contribution >= 0.6 is 0 Å². The van der Waals surface area contributed by atoms with Gasteiger partial charge in [-0.15, -0.1) is 0 Å². The van der Waals surface area contributed by atoms with Crippen molar-refractivity contribution in [2.45, 2.75) is 13.0 Å². The quantitative estimate of drug-likeness (QED) is 0.433. The van der Waals surface area contributed by atoms with E-state index in [2.05, 4.69) is 5.32 Å². The van der Waals surface area contributed by atoms with Crippen LogP contribution in [0.25, 0.3) is 0 Å². The largest absolute Gasteiger partial charge is 0.394 e. The summed E-state index contributed by atoms with van der Waals surface area (Å²) >= 11 is 0. The second kappa shape index (κ2) is 4.29. The number of rotatable bonds is 4. The minimum atomic E-state index is -0.588. The molecule has 0 spiro atoms. The van der Waals surface area contributed by atoms with E-state index in [1.807, 2.05) is 6.92 Å². The summed E-state index contributed by atoms with van der Waals surface area (Å²) in [6.07, 6.45) is 0. The van der Waals surface area contributed by atoms with Gasteiger partial charge in [0.25, 0.3) is 0 Å². The van der Waals surface area contributed by atoms with Crippen LogP contribution in [-0.4, -0.2) is 30.2 Å². The van der Waals surface area contributed by atoms with Crippen LogP contribution in [0.4, 0.5) is 0 Å². The molecule has 1 atom stereocenters. The van der Waals surface area contributed by atoms with Gasteiger partial charge in [0.05, 0.1) is 6.61 Å². The predicted molar refractivity (Wildman–Crippen MR) is 33.7 cm³/mol. The molecule has 9 heavy (non-hydrogen) atoms. The van der Waals surface area contributed by atoms with Crippen LogP contribution in [0.5, 0.6) is 0 Å². The Hall–Kier alpha value is -0.610. The van der Waals surface area contributed by atoms with Crippen molar-refractivity contribution in [1.82, 2.24) is 5.32 Å². The Morgan fingerprint density at radius 3 is 2.56 bits per heavy atom. The summed E-state index contributed by atoms with van der Waals surface area (Å²) in [4.78, 5) is 10.3. The highest BCUT2D eigenvalue weighted by Crippen LogP contribution is 1.76. The first-order valence-electron chi connectivity index (χ1n) is 2.86. The van der Waals surface area contributed by atoms with E-state index in [1.165, 1.54) is 0 Å². The highest BCUT2D eigenvalue weighted by Gasteiger charge is 2.10. The normalized spacial score (nSPS) is 13.1. The first-order valence-corrected chi connectivity index (χ1v) is 2.86. The number of aliphatic hydroxyl groups excluding tert-OH is 1. The fraction of sp³-hybridized carbons (Fsp3) is 0.800. The lowest BCUT2D eigenvalue weighted by atomic mass is 10.3. The van der Waals surface area contributed by atoms with E-state index < -0.39 is 11.9 Å². The Labute approximate surface area is 54.0 Å². The van der Waals surface area contributed by atoms with E-state index in [9.17, 15) is 4.79 Å². The van der Waals surface area contributed by atoms with E-state index in [4.69, 9.17) is 10.8 Å². The third-order valence-corrected chi connectivity index (χ3v) is 0.977. The maximum Gasteiger partial charge on any atom is 0.236 e. The van der Waals surface area contributed by atoms with Gasteiger partial charge in [-0.1, -0.05) is 6.92 Å². The van der Waals surface area contributed by atoms with Crippen LogP contribution in [0.2, 0.25) is 0 Å². The molecule has 4 N–H and O–H groups in total. The predicted octanol–water partition coefficient (Wildman–Crippen LogP) is -1.56. The molecule has 1 amide bonds. The minimum Gasteiger partial charge on any atom is -0.394 e. The molecule has 0 fully saturated rings. The van der Waals surface area contributed by atoms with Gasteiger partial charge in [0.2, 0.25) is 5.91 Å². The number of hydrogen-bond acceptors (Lipinski definition) is 3. The number of primary amides is 1. The number of amides is 1. The molecule has 0 aliphatic rings. The molecule has 0 radical (unpaired) electrons. The van der Waals surface area contributed by atoms with Crippen LogP contribution < -0.4 is 11.1 Å². The van der Waals surface area contributed by atoms with Crippen LogP contribution in [0, 0.1) is 0 Å². The first kappa shape index (κ1) is 8.39. The fourth-order valence-electron chi connectivity index (χ4n) is 0.502. The molecule has 0 aliphatic heterocycles. The second-order valence-corrected chi connectivity index (χ2v) is 1.70. The Morgan fingerprint density at radius 2 is 2.44 bits per heavy atom. The molecule has 0 aliphatic carbocycles. The van der Waals surface area contributed by atoms with Crippen LogP contribution in [0.3, 0.4) is 0 Å². The summed E-state index contributed by atoms with van der Waals surface area (Å²) < 4.78 is 0. The zero-order valence-electron chi connectivity index (χ0n) is 5.42. The lowest BCUT2D eigenvalue weighted by molar-refractivity contribution is -0.120. The van der Waals surface area contributed by atoms with Crippen molar-refractivity contribution in [3.05, 3.63) is 0 Å². The summed E-state index contributed by atoms with van der Waals surface area (Å²) in [7, 11) is 0. The summed E-state index contributed by atoms with van der Waals surface area (Å²) in [5.41, 5.74) is 4.87. The summed E-state index contributed by atoms with van der Waals surface area (Å²) in [6, 6.07) is -0.588. The number of carbonyl (C=O) groups excluding carboxylic acids is 1. The van der Waals surface area contributed by atoms with Gasteiger partial charge in [0, 0.05) is 0 Å². The molecule has 0 rings (SSSR count). The van der Waals surface area contributed by atoms with Gasteiger partial charge < -0.3 is 16.2 Å². The highest BCUT2D eigenvalue weighted by atomic mass is 16.3. The van der Waals surface area contributed by atoms with E-state index in [-0.39, 0.29) is 6.61 Å². The molecule has 54 valence electrons. The van der Waals surface area contributed by atoms with Crippen LogP contribution in [0.1, 0.15) is 6.92 Å². The number of likely N-dealkylation sites (N-methyl/N-ethyl adjacent to an activating group) is 1. The van der Waals surface area contributed by atoms with Gasteiger partial charge in [-0.25, -0.2) is 0 Å². The number of nitrogens with one attached hydrogen (secondary N) is 1. The average molecular weight is 132 g/mol. The number of carbonyl (C=O) groups is 1. The van der Waals surface area contributed by atoms with Crippen LogP contribution in [0.15, 0.2) is 0 Å². The number of aliphatic hydroxyl groups is 1. The molecule has 0 saturated carbocycles. The van der Waals surface area contributed by atoms with Crippen molar-refractivity contribution in [1.29, 1.82) is 0 Å². The van der Waals surface area contributed by atoms with Crippen molar-refractivity contribution in [3.8, 4) is 0 Å². The monoisotopic (exact) mass is 132 g/mol. The molecule has 0 aromatic carbocycles. The van der Waals surface area contributed by atoms with Crippen molar-refractivity contribution in [2.75, 3.05) is 13.2 Å². The van der Waals surface area contributed by atoms with Crippen molar-refractivity contribution in [2.24, 2.45) is 5.73 Å². The summed E-state index contributed by atoms with van der Waals surface area (Å²) in [5.74, 6) is -0.514. The van der Waals surface area contributed by atoms with Gasteiger partial charge in [-0.3, -0.25) is 4.79 Å². The van der Waals surface area contributed by atoms with Gasteiger partial charge in [-0.2, -0.15) is 0 Å². The molecule has 0 bridgehead atoms. The van der Waals surface area contributed by atoms with Crippen molar-refractivity contribution in [3.63, 3.8) is 0 Å². The third-order valence-electron chi connectivity index (χ3n) is 0.977. The summed E-state index contributed by atoms with van der Waals surface area (Å²) in [6.45, 7) is 2.24. The van der Waals surface area contributed by atoms with Gasteiger partial charge in [0.1, 0.15) is 6.04 Å². The summed E-state index contributed by atoms with van der Waals surface area (Å²) in [5, 5.41) is 11.2. The molecular weight excluding hydrogens is 120 g/mol. The second-order valence-electron chi connectivity index (χ2n) is 1.70. The Bertz CT molecular complexity index is 95.0. The molecule has 0 aromatic heterocycles. The first-order chi connectivity index (χ1) is 4.22. The Morgan fingerprint density at radius 1 is 1.89 bits per heavy atom. The fourth-order valence-corrected chi connectivity index (χ4v) is 0.502. The standard InChI is InChI=1S/C5H12N2O2/c1-2-7-4(3-8)5(6)9/h4,7-8H,2-3H2,1H3,(H2,6,9)/t4-/m1/s1. The Kier molecular flexibility index (Phi) is 4.00. The SMILES string of the molecule is CCN[C@H](CO)C(N)=O. The molecule has 4 nitrogen and oxygen atoms in total. The topological polar surface area (TPSA) is 75.3 Å². The van der Waals surface area contributed by atoms with E-state index in [1.54, 1.807) is 0 Å². The maximum atomic E-state index is 10.3. The smallest absolute Gasteiger partial charge is 0.236 e. The molecular formula is C5H12N2O2. The van der Waals surface area contributed by atoms with Crippen molar-refractivity contribution < 1.29 is 9.90 Å². The molecule has 0 unspecified atom stereocenters. The molecule has 0 saturated heterocycles. The van der Waals surface area contributed by atoms with E-state index in [0.29, 0.717) is 6.54 Å². The zero-order valence-corrected chi connectivity index (χ0v) is 5.42. The average Bonchev–Trinajstić information content (AvgIpc) is 1.82. The lowest BCUT2D eigenvalue weighted by Gasteiger charge is -2.08. The lowest BCUT2D eigenvalue weighted by Crippen LogP contribution is -2.43. The molecule has 4 heteroatoms. The molecule has 0 heterocycles. The number of nitrogens with two attached hydrogens (primary N) is 1. The highest BCUT2D eigenvalue weighted by molar-refractivity contribution is 5.79. The van der Waals surface area contributed by atoms with Gasteiger partial charge in [-0.05, 0) is 6.54 Å². The van der Waals surface area contributed by atoms with Crippen LogP contribution in [-0.2, 0) is 4.79 Å². The zero-order chi connectivity index (χ0) is 7.28. The third kappa shape index (κ3) is 3.05. The van der Waals surface area contributed by atoms with Crippen molar-refractivity contribution >= 4 is 5.91 Å². The van der Waals surface area contributed by atoms with E-state index in [0.717, 1.165) is 0 Å². The van der Waals surface area contributed by atoms with E-state index >= 15 is 0 Å². The maximum absolute atomic E-state index is 10.3. The van der Waals surface area contributed by atoms with Gasteiger partial charge in [0.15, 0.2) is 0 Å². The Balaban J connectivity index is 3.54. The minimum absolute atomic E-state index is 0.233. The molecule has 0 aromatic rings. The number of hydrogen-bond donors (Lipinski definition) is 3. The van der Waals surface area contributed by atoms with Gasteiger partial charge >= 0.3 is 0 Å².